The summed E-state index contributed by atoms with van der Waals surface area (Å²) >= 11 is 5.83. The zero-order chi connectivity index (χ0) is 15.7. The molecule has 112 valence electrons. The predicted molar refractivity (Wildman–Crippen MR) is 81.5 cm³/mol. The van der Waals surface area contributed by atoms with Crippen molar-refractivity contribution in [3.8, 4) is 11.5 Å². The van der Waals surface area contributed by atoms with Crippen molar-refractivity contribution in [2.24, 2.45) is 5.92 Å². The summed E-state index contributed by atoms with van der Waals surface area (Å²) in [7, 11) is 1.29. The van der Waals surface area contributed by atoms with E-state index in [-0.39, 0.29) is 5.78 Å². The molecule has 1 unspecified atom stereocenters. The number of benzene rings is 2. The maximum atomic E-state index is 12.1. The van der Waals surface area contributed by atoms with E-state index in [4.69, 9.17) is 16.3 Å². The van der Waals surface area contributed by atoms with Gasteiger partial charge >= 0.3 is 5.97 Å². The molecule has 0 saturated carbocycles. The van der Waals surface area contributed by atoms with Crippen molar-refractivity contribution >= 4 is 23.4 Å². The molecule has 0 amide bonds. The highest BCUT2D eigenvalue weighted by Crippen LogP contribution is 2.32. The van der Waals surface area contributed by atoms with E-state index in [1.54, 1.807) is 42.5 Å². The van der Waals surface area contributed by atoms with Gasteiger partial charge in [0.2, 0.25) is 0 Å². The normalized spacial score (nSPS) is 16.3. The lowest BCUT2D eigenvalue weighted by molar-refractivity contribution is -0.143. The van der Waals surface area contributed by atoms with Crippen LogP contribution in [0.5, 0.6) is 11.5 Å². The largest absolute Gasteiger partial charge is 0.468 e. The summed E-state index contributed by atoms with van der Waals surface area (Å²) in [6.07, 6.45) is 0.346. The van der Waals surface area contributed by atoms with Gasteiger partial charge in [-0.3, -0.25) is 9.59 Å². The highest BCUT2D eigenvalue weighted by Gasteiger charge is 2.36. The number of carbonyl (C=O) groups excluding carboxylic acids is 2. The average molecular weight is 317 g/mol. The van der Waals surface area contributed by atoms with Crippen molar-refractivity contribution in [3.63, 3.8) is 0 Å². The molecule has 1 atom stereocenters. The lowest BCUT2D eigenvalue weighted by Gasteiger charge is -2.07. The molecule has 0 radical (unpaired) electrons. The summed E-state index contributed by atoms with van der Waals surface area (Å²) < 4.78 is 10.4. The Bertz CT molecular complexity index is 737. The number of methoxy groups -OCH3 is 1. The van der Waals surface area contributed by atoms with Crippen LogP contribution in [-0.2, 0) is 16.0 Å². The van der Waals surface area contributed by atoms with Gasteiger partial charge in [-0.2, -0.15) is 0 Å². The summed E-state index contributed by atoms with van der Waals surface area (Å²) in [6, 6.07) is 12.2. The number of hydrogen-bond donors (Lipinski definition) is 0. The van der Waals surface area contributed by atoms with E-state index in [0.29, 0.717) is 28.5 Å². The second-order valence-corrected chi connectivity index (χ2v) is 5.46. The number of esters is 1. The number of Topliss-reactive ketones (excluding diaryl/α,β-unsaturated/α-hetero) is 1. The molecular formula is C17H13ClO4. The van der Waals surface area contributed by atoms with Crippen LogP contribution in [0.2, 0.25) is 5.02 Å². The van der Waals surface area contributed by atoms with Gasteiger partial charge in [0.15, 0.2) is 5.78 Å². The van der Waals surface area contributed by atoms with Gasteiger partial charge in [-0.05, 0) is 54.4 Å². The van der Waals surface area contributed by atoms with E-state index in [1.807, 2.05) is 0 Å². The van der Waals surface area contributed by atoms with Gasteiger partial charge in [-0.15, -0.1) is 0 Å². The van der Waals surface area contributed by atoms with E-state index in [9.17, 15) is 9.59 Å². The van der Waals surface area contributed by atoms with Gasteiger partial charge in [0.05, 0.1) is 7.11 Å². The standard InChI is InChI=1S/C17H13ClO4/c1-21-17(20)15-9-10-8-13(6-7-14(10)16(15)19)22-12-4-2-11(18)3-5-12/h2-8,15H,9H2,1H3. The van der Waals surface area contributed by atoms with E-state index in [1.165, 1.54) is 7.11 Å². The van der Waals surface area contributed by atoms with Gasteiger partial charge in [0.25, 0.3) is 0 Å². The second kappa shape index (κ2) is 5.81. The number of ether oxygens (including phenoxy) is 2. The van der Waals surface area contributed by atoms with E-state index < -0.39 is 11.9 Å². The number of fused-ring (bicyclic) bond motifs is 1. The minimum atomic E-state index is -0.745. The zero-order valence-electron chi connectivity index (χ0n) is 11.8. The molecule has 0 saturated heterocycles. The summed E-state index contributed by atoms with van der Waals surface area (Å²) in [5.41, 5.74) is 1.35. The first-order valence-corrected chi connectivity index (χ1v) is 7.14. The Morgan fingerprint density at radius 2 is 1.82 bits per heavy atom. The summed E-state index contributed by atoms with van der Waals surface area (Å²) in [4.78, 5) is 23.8. The van der Waals surface area contributed by atoms with E-state index in [0.717, 1.165) is 5.56 Å². The summed E-state index contributed by atoms with van der Waals surface area (Å²) in [6.45, 7) is 0. The van der Waals surface area contributed by atoms with Crippen LogP contribution in [-0.4, -0.2) is 18.9 Å². The Morgan fingerprint density at radius 3 is 2.50 bits per heavy atom. The topological polar surface area (TPSA) is 52.6 Å². The SMILES string of the molecule is COC(=O)C1Cc2cc(Oc3ccc(Cl)cc3)ccc2C1=O. The third-order valence-corrected chi connectivity index (χ3v) is 3.87. The minimum absolute atomic E-state index is 0.195. The molecule has 2 aromatic carbocycles. The molecule has 0 fully saturated rings. The Morgan fingerprint density at radius 1 is 1.14 bits per heavy atom. The molecule has 5 heteroatoms. The Labute approximate surface area is 132 Å². The molecule has 2 aromatic rings. The lowest BCUT2D eigenvalue weighted by Crippen LogP contribution is -2.21. The number of ketones is 1. The minimum Gasteiger partial charge on any atom is -0.468 e. The fourth-order valence-electron chi connectivity index (χ4n) is 2.51. The van der Waals surface area contributed by atoms with Crippen molar-refractivity contribution in [1.82, 2.24) is 0 Å². The van der Waals surface area contributed by atoms with Crippen molar-refractivity contribution < 1.29 is 19.1 Å². The molecule has 0 aliphatic heterocycles. The van der Waals surface area contributed by atoms with Crippen molar-refractivity contribution in [2.75, 3.05) is 7.11 Å². The smallest absolute Gasteiger partial charge is 0.316 e. The molecule has 0 N–H and O–H groups in total. The fourth-order valence-corrected chi connectivity index (χ4v) is 2.64. The molecule has 0 spiro atoms. The van der Waals surface area contributed by atoms with Gasteiger partial charge in [-0.25, -0.2) is 0 Å². The highest BCUT2D eigenvalue weighted by molar-refractivity contribution is 6.30. The van der Waals surface area contributed by atoms with Crippen LogP contribution in [0.1, 0.15) is 15.9 Å². The summed E-state index contributed by atoms with van der Waals surface area (Å²) in [5.74, 6) is -0.176. The average Bonchev–Trinajstić information content (AvgIpc) is 2.85. The molecule has 22 heavy (non-hydrogen) atoms. The van der Waals surface area contributed by atoms with Crippen LogP contribution in [0.3, 0.4) is 0 Å². The van der Waals surface area contributed by atoms with Crippen LogP contribution < -0.4 is 4.74 Å². The van der Waals surface area contributed by atoms with Gasteiger partial charge in [0.1, 0.15) is 17.4 Å². The van der Waals surface area contributed by atoms with Crippen LogP contribution >= 0.6 is 11.6 Å². The second-order valence-electron chi connectivity index (χ2n) is 5.02. The fraction of sp³-hybridized carbons (Fsp3) is 0.176. The molecule has 4 nitrogen and oxygen atoms in total. The van der Waals surface area contributed by atoms with Crippen LogP contribution in [0.25, 0.3) is 0 Å². The highest BCUT2D eigenvalue weighted by atomic mass is 35.5. The Hall–Kier alpha value is -2.33. The number of carbonyl (C=O) groups is 2. The molecule has 1 aliphatic carbocycles. The molecule has 0 bridgehead atoms. The van der Waals surface area contributed by atoms with Crippen LogP contribution in [0.15, 0.2) is 42.5 Å². The third-order valence-electron chi connectivity index (χ3n) is 3.62. The van der Waals surface area contributed by atoms with Crippen molar-refractivity contribution in [3.05, 3.63) is 58.6 Å². The van der Waals surface area contributed by atoms with E-state index in [2.05, 4.69) is 4.74 Å². The summed E-state index contributed by atoms with van der Waals surface area (Å²) in [5, 5.41) is 0.632. The van der Waals surface area contributed by atoms with Crippen LogP contribution in [0.4, 0.5) is 0 Å². The van der Waals surface area contributed by atoms with Gasteiger partial charge in [0, 0.05) is 10.6 Å². The van der Waals surface area contributed by atoms with Gasteiger partial charge < -0.3 is 9.47 Å². The first-order valence-electron chi connectivity index (χ1n) is 6.77. The van der Waals surface area contributed by atoms with Crippen molar-refractivity contribution in [1.29, 1.82) is 0 Å². The maximum Gasteiger partial charge on any atom is 0.316 e. The van der Waals surface area contributed by atoms with Crippen molar-refractivity contribution in [2.45, 2.75) is 6.42 Å². The monoisotopic (exact) mass is 316 g/mol. The quantitative estimate of drug-likeness (QED) is 0.640. The molecule has 0 aromatic heterocycles. The lowest BCUT2D eigenvalue weighted by atomic mass is 10.1. The van der Waals surface area contributed by atoms with Crippen LogP contribution in [0, 0.1) is 5.92 Å². The number of hydrogen-bond acceptors (Lipinski definition) is 4. The molecule has 3 rings (SSSR count). The van der Waals surface area contributed by atoms with E-state index >= 15 is 0 Å². The van der Waals surface area contributed by atoms with Gasteiger partial charge in [-0.1, -0.05) is 11.6 Å². The molecular weight excluding hydrogens is 304 g/mol. The number of rotatable bonds is 3. The zero-order valence-corrected chi connectivity index (χ0v) is 12.6. The predicted octanol–water partition coefficient (Wildman–Crippen LogP) is 3.66. The third kappa shape index (κ3) is 2.70. The molecule has 1 aliphatic rings. The first-order chi connectivity index (χ1) is 10.6. The Kier molecular flexibility index (Phi) is 3.86. The first kappa shape index (κ1) is 14.6. The molecule has 0 heterocycles. The number of halogens is 1. The maximum absolute atomic E-state index is 12.1. The Balaban J connectivity index is 1.83.